The van der Waals surface area contributed by atoms with Crippen LogP contribution >= 0.6 is 0 Å². The molecule has 7 nitrogen and oxygen atoms in total. The minimum Gasteiger partial charge on any atom is -0.338 e. The number of hydrogen-bond donors (Lipinski definition) is 1. The van der Waals surface area contributed by atoms with Crippen molar-refractivity contribution in [2.24, 2.45) is 5.92 Å². The highest BCUT2D eigenvalue weighted by molar-refractivity contribution is 6.21. The first-order valence-corrected chi connectivity index (χ1v) is 8.86. The molecule has 28 heavy (non-hydrogen) atoms. The molecule has 0 aliphatic carbocycles. The van der Waals surface area contributed by atoms with E-state index in [4.69, 9.17) is 4.84 Å². The van der Waals surface area contributed by atoms with E-state index in [1.165, 1.54) is 12.1 Å². The third-order valence-corrected chi connectivity index (χ3v) is 4.43. The molecule has 7 heteroatoms. The zero-order valence-electron chi connectivity index (χ0n) is 15.8. The first-order valence-electron chi connectivity index (χ1n) is 8.86. The molecule has 0 saturated heterocycles. The Morgan fingerprint density at radius 1 is 0.964 bits per heavy atom. The van der Waals surface area contributed by atoms with Gasteiger partial charge < -0.3 is 10.2 Å². The summed E-state index contributed by atoms with van der Waals surface area (Å²) >= 11 is 0. The van der Waals surface area contributed by atoms with Crippen molar-refractivity contribution in [2.45, 2.75) is 26.8 Å². The Bertz CT molecular complexity index is 932. The second-order valence-corrected chi connectivity index (χ2v) is 6.93. The van der Waals surface area contributed by atoms with Crippen molar-refractivity contribution < 1.29 is 24.0 Å². The summed E-state index contributed by atoms with van der Waals surface area (Å²) in [5, 5.41) is 3.07. The maximum absolute atomic E-state index is 12.6. The van der Waals surface area contributed by atoms with Crippen LogP contribution in [0.5, 0.6) is 0 Å². The van der Waals surface area contributed by atoms with Crippen LogP contribution in [-0.4, -0.2) is 34.8 Å². The van der Waals surface area contributed by atoms with Gasteiger partial charge >= 0.3 is 5.97 Å². The van der Waals surface area contributed by atoms with Crippen molar-refractivity contribution >= 4 is 23.7 Å². The van der Waals surface area contributed by atoms with Gasteiger partial charge in [-0.15, -0.1) is 0 Å². The molecule has 0 bridgehead atoms. The van der Waals surface area contributed by atoms with Gasteiger partial charge in [-0.3, -0.25) is 14.4 Å². The Balaban J connectivity index is 1.75. The fourth-order valence-corrected chi connectivity index (χ4v) is 2.91. The van der Waals surface area contributed by atoms with E-state index in [0.29, 0.717) is 10.6 Å². The number of benzene rings is 2. The van der Waals surface area contributed by atoms with Gasteiger partial charge in [0.1, 0.15) is 6.04 Å². The van der Waals surface area contributed by atoms with Crippen LogP contribution in [0.1, 0.15) is 50.5 Å². The first-order chi connectivity index (χ1) is 13.3. The van der Waals surface area contributed by atoms with Crippen molar-refractivity contribution in [3.63, 3.8) is 0 Å². The summed E-state index contributed by atoms with van der Waals surface area (Å²) in [6.45, 7) is 5.31. The standard InChI is InChI=1S/C21H20N2O5/c1-12(2)17(22-18(24)14-8-6-7-13(3)11-14)21(27)28-23-19(25)15-9-4-5-10-16(15)20(23)26/h4-12,17H,1-3H3,(H,22,24). The molecule has 0 radical (unpaired) electrons. The Morgan fingerprint density at radius 2 is 1.57 bits per heavy atom. The fourth-order valence-electron chi connectivity index (χ4n) is 2.91. The molecule has 1 heterocycles. The summed E-state index contributed by atoms with van der Waals surface area (Å²) < 4.78 is 0. The van der Waals surface area contributed by atoms with E-state index in [0.717, 1.165) is 5.56 Å². The number of rotatable bonds is 5. The second kappa shape index (κ2) is 7.64. The van der Waals surface area contributed by atoms with Crippen molar-refractivity contribution in [1.82, 2.24) is 10.4 Å². The van der Waals surface area contributed by atoms with Gasteiger partial charge in [-0.1, -0.05) is 48.7 Å². The van der Waals surface area contributed by atoms with Crippen LogP contribution in [0, 0.1) is 12.8 Å². The molecule has 1 unspecified atom stereocenters. The average Bonchev–Trinajstić information content (AvgIpc) is 2.90. The van der Waals surface area contributed by atoms with E-state index in [-0.39, 0.29) is 17.0 Å². The van der Waals surface area contributed by atoms with Crippen LogP contribution < -0.4 is 5.32 Å². The van der Waals surface area contributed by atoms with Crippen LogP contribution in [0.15, 0.2) is 48.5 Å². The molecule has 0 fully saturated rings. The number of hydrogen-bond acceptors (Lipinski definition) is 5. The monoisotopic (exact) mass is 380 g/mol. The highest BCUT2D eigenvalue weighted by Gasteiger charge is 2.40. The number of fused-ring (bicyclic) bond motifs is 1. The SMILES string of the molecule is Cc1cccc(C(=O)NC(C(=O)ON2C(=O)c3ccccc3C2=O)C(C)C)c1. The number of aryl methyl sites for hydroxylation is 1. The predicted octanol–water partition coefficient (Wildman–Crippen LogP) is 2.50. The summed E-state index contributed by atoms with van der Waals surface area (Å²) in [6.07, 6.45) is 0. The van der Waals surface area contributed by atoms with Crippen molar-refractivity contribution in [3.05, 3.63) is 70.8 Å². The third kappa shape index (κ3) is 3.64. The molecule has 144 valence electrons. The Labute approximate surface area is 162 Å². The smallest absolute Gasteiger partial charge is 0.338 e. The lowest BCUT2D eigenvalue weighted by molar-refractivity contribution is -0.172. The summed E-state index contributed by atoms with van der Waals surface area (Å²) in [4.78, 5) is 54.9. The quantitative estimate of drug-likeness (QED) is 0.805. The minimum atomic E-state index is -1.03. The van der Waals surface area contributed by atoms with E-state index in [1.807, 2.05) is 13.0 Å². The van der Waals surface area contributed by atoms with Gasteiger partial charge in [0, 0.05) is 5.56 Å². The number of imide groups is 1. The lowest BCUT2D eigenvalue weighted by Gasteiger charge is -2.22. The molecule has 0 spiro atoms. The third-order valence-electron chi connectivity index (χ3n) is 4.43. The van der Waals surface area contributed by atoms with E-state index in [2.05, 4.69) is 5.32 Å². The van der Waals surface area contributed by atoms with Crippen molar-refractivity contribution in [2.75, 3.05) is 0 Å². The molecule has 3 rings (SSSR count). The van der Waals surface area contributed by atoms with Gasteiger partial charge in [0.25, 0.3) is 17.7 Å². The summed E-state index contributed by atoms with van der Waals surface area (Å²) in [7, 11) is 0. The lowest BCUT2D eigenvalue weighted by Crippen LogP contribution is -2.48. The average molecular weight is 380 g/mol. The highest BCUT2D eigenvalue weighted by Crippen LogP contribution is 2.23. The normalized spacial score (nSPS) is 14.1. The first kappa shape index (κ1) is 19.3. The maximum Gasteiger partial charge on any atom is 0.355 e. The number of nitrogens with zero attached hydrogens (tertiary/aromatic N) is 1. The van der Waals surface area contributed by atoms with Gasteiger partial charge in [-0.25, -0.2) is 4.79 Å². The maximum atomic E-state index is 12.6. The molecule has 1 N–H and O–H groups in total. The molecule has 1 atom stereocenters. The summed E-state index contributed by atoms with van der Waals surface area (Å²) in [5.74, 6) is -3.06. The molecule has 3 amide bonds. The van der Waals surface area contributed by atoms with Crippen LogP contribution in [-0.2, 0) is 9.63 Å². The Kier molecular flexibility index (Phi) is 5.26. The van der Waals surface area contributed by atoms with Gasteiger partial charge in [-0.2, -0.15) is 0 Å². The molecule has 0 aromatic heterocycles. The number of amides is 3. The van der Waals surface area contributed by atoms with E-state index < -0.39 is 29.7 Å². The lowest BCUT2D eigenvalue weighted by atomic mass is 10.0. The molecular weight excluding hydrogens is 360 g/mol. The molecular formula is C21H20N2O5. The van der Waals surface area contributed by atoms with E-state index in [1.54, 1.807) is 44.2 Å². The van der Waals surface area contributed by atoms with Crippen LogP contribution in [0.4, 0.5) is 0 Å². The summed E-state index contributed by atoms with van der Waals surface area (Å²) in [5.41, 5.74) is 1.65. The Morgan fingerprint density at radius 3 is 2.11 bits per heavy atom. The van der Waals surface area contributed by atoms with Gasteiger partial charge in [0.05, 0.1) is 11.1 Å². The van der Waals surface area contributed by atoms with E-state index >= 15 is 0 Å². The molecule has 0 saturated carbocycles. The van der Waals surface area contributed by atoms with E-state index in [9.17, 15) is 19.2 Å². The Hall–Kier alpha value is -3.48. The second-order valence-electron chi connectivity index (χ2n) is 6.93. The number of carbonyl (C=O) groups excluding carboxylic acids is 4. The molecule has 2 aromatic carbocycles. The number of carbonyl (C=O) groups is 4. The summed E-state index contributed by atoms with van der Waals surface area (Å²) in [6, 6.07) is 12.1. The molecule has 1 aliphatic heterocycles. The van der Waals surface area contributed by atoms with Gasteiger partial charge in [-0.05, 0) is 37.1 Å². The molecule has 1 aliphatic rings. The zero-order chi connectivity index (χ0) is 20.4. The minimum absolute atomic E-state index is 0.171. The largest absolute Gasteiger partial charge is 0.355 e. The van der Waals surface area contributed by atoms with Crippen LogP contribution in [0.3, 0.4) is 0 Å². The highest BCUT2D eigenvalue weighted by atomic mass is 16.7. The fraction of sp³-hybridized carbons (Fsp3) is 0.238. The molecule has 2 aromatic rings. The van der Waals surface area contributed by atoms with Crippen molar-refractivity contribution in [3.8, 4) is 0 Å². The van der Waals surface area contributed by atoms with Crippen LogP contribution in [0.2, 0.25) is 0 Å². The van der Waals surface area contributed by atoms with Gasteiger partial charge in [0.15, 0.2) is 0 Å². The zero-order valence-corrected chi connectivity index (χ0v) is 15.8. The van der Waals surface area contributed by atoms with Crippen LogP contribution in [0.25, 0.3) is 0 Å². The predicted molar refractivity (Wildman–Crippen MR) is 100 cm³/mol. The van der Waals surface area contributed by atoms with Gasteiger partial charge in [0.2, 0.25) is 0 Å². The number of hydroxylamine groups is 2. The number of nitrogens with one attached hydrogen (secondary N) is 1. The van der Waals surface area contributed by atoms with Crippen molar-refractivity contribution in [1.29, 1.82) is 0 Å². The topological polar surface area (TPSA) is 92.8 Å².